The normalized spacial score (nSPS) is 11.2. The number of hydrogen-bond acceptors (Lipinski definition) is 2. The van der Waals surface area contributed by atoms with Crippen molar-refractivity contribution in [3.05, 3.63) is 48.2 Å². The van der Waals surface area contributed by atoms with E-state index < -0.39 is 5.92 Å². The van der Waals surface area contributed by atoms with Gasteiger partial charge < -0.3 is 5.32 Å². The molecule has 88 valence electrons. The molecule has 0 aromatic heterocycles. The average Bonchev–Trinajstić information content (AvgIpc) is 2.24. The zero-order valence-corrected chi connectivity index (χ0v) is 9.26. The van der Waals surface area contributed by atoms with Crippen molar-refractivity contribution in [2.45, 2.75) is 19.4 Å². The van der Waals surface area contributed by atoms with Crippen LogP contribution in [-0.4, -0.2) is 6.67 Å². The minimum atomic E-state index is -2.77. The molecule has 0 fully saturated rings. The van der Waals surface area contributed by atoms with Gasteiger partial charge in [0.1, 0.15) is 0 Å². The first kappa shape index (κ1) is 12.6. The largest absolute Gasteiger partial charge is 0.379 e. The van der Waals surface area contributed by atoms with Crippen LogP contribution in [0.25, 0.3) is 0 Å². The number of nitrogens with one attached hydrogen (secondary N) is 2. The average molecular weight is 226 g/mol. The third kappa shape index (κ3) is 3.98. The Morgan fingerprint density at radius 3 is 2.44 bits per heavy atom. The van der Waals surface area contributed by atoms with E-state index >= 15 is 0 Å². The first-order valence-corrected chi connectivity index (χ1v) is 5.06. The van der Waals surface area contributed by atoms with Crippen LogP contribution in [0.15, 0.2) is 37.0 Å². The number of hydrogen-bond donors (Lipinski definition) is 2. The quantitative estimate of drug-likeness (QED) is 0.575. The van der Waals surface area contributed by atoms with Gasteiger partial charge in [-0.2, -0.15) is 0 Å². The fraction of sp³-hybridized carbons (Fsp3) is 0.333. The molecule has 0 radical (unpaired) electrons. The summed E-state index contributed by atoms with van der Waals surface area (Å²) in [7, 11) is 0. The molecule has 0 saturated carbocycles. The van der Waals surface area contributed by atoms with Crippen molar-refractivity contribution in [2.75, 3.05) is 6.67 Å². The van der Waals surface area contributed by atoms with E-state index in [1.54, 1.807) is 18.3 Å². The Bertz CT molecular complexity index is 328. The van der Waals surface area contributed by atoms with E-state index in [-0.39, 0.29) is 5.56 Å². The Morgan fingerprint density at radius 2 is 1.94 bits per heavy atom. The van der Waals surface area contributed by atoms with Gasteiger partial charge in [0, 0.05) is 19.0 Å². The number of rotatable bonds is 6. The first-order chi connectivity index (χ1) is 7.54. The van der Waals surface area contributed by atoms with E-state index in [0.29, 0.717) is 13.2 Å². The van der Waals surface area contributed by atoms with E-state index in [4.69, 9.17) is 0 Å². The molecule has 4 heteroatoms. The molecule has 0 saturated heterocycles. The van der Waals surface area contributed by atoms with Crippen molar-refractivity contribution in [3.63, 3.8) is 0 Å². The molecule has 0 atom stereocenters. The van der Waals surface area contributed by atoms with Gasteiger partial charge in [0.15, 0.2) is 0 Å². The van der Waals surface area contributed by atoms with Gasteiger partial charge >= 0.3 is 0 Å². The number of benzene rings is 1. The monoisotopic (exact) mass is 226 g/mol. The van der Waals surface area contributed by atoms with Gasteiger partial charge in [-0.3, -0.25) is 5.32 Å². The zero-order chi connectivity index (χ0) is 12.0. The Hall–Kier alpha value is -1.42. The smallest absolute Gasteiger partial charge is 0.270 e. The maximum atomic E-state index is 12.9. The van der Waals surface area contributed by atoms with Gasteiger partial charge in [-0.15, -0.1) is 0 Å². The van der Waals surface area contributed by atoms with Crippen molar-refractivity contribution in [2.24, 2.45) is 0 Å². The summed E-state index contributed by atoms with van der Waals surface area (Å²) < 4.78 is 25.8. The maximum Gasteiger partial charge on any atom is 0.270 e. The van der Waals surface area contributed by atoms with Crippen LogP contribution in [0.1, 0.15) is 18.1 Å². The highest BCUT2D eigenvalue weighted by atomic mass is 19.3. The predicted octanol–water partition coefficient (Wildman–Crippen LogP) is 2.58. The van der Waals surface area contributed by atoms with Crippen molar-refractivity contribution < 1.29 is 8.78 Å². The lowest BCUT2D eigenvalue weighted by atomic mass is 10.1. The summed E-state index contributed by atoms with van der Waals surface area (Å²) in [5.41, 5.74) is 1.01. The van der Waals surface area contributed by atoms with E-state index in [1.165, 1.54) is 12.1 Å². The van der Waals surface area contributed by atoms with Crippen LogP contribution < -0.4 is 10.6 Å². The zero-order valence-electron chi connectivity index (χ0n) is 9.26. The van der Waals surface area contributed by atoms with Gasteiger partial charge in [0.2, 0.25) is 0 Å². The number of halogens is 2. The van der Waals surface area contributed by atoms with Gasteiger partial charge in [0.25, 0.3) is 5.92 Å². The molecule has 0 bridgehead atoms. The van der Waals surface area contributed by atoms with Gasteiger partial charge in [0.05, 0.1) is 6.67 Å². The minimum absolute atomic E-state index is 0.0421. The third-order valence-electron chi connectivity index (χ3n) is 2.16. The molecule has 0 amide bonds. The highest BCUT2D eigenvalue weighted by molar-refractivity contribution is 5.25. The Morgan fingerprint density at radius 1 is 1.31 bits per heavy atom. The van der Waals surface area contributed by atoms with Crippen LogP contribution in [0.3, 0.4) is 0 Å². The Kier molecular flexibility index (Phi) is 4.43. The highest BCUT2D eigenvalue weighted by Gasteiger charge is 2.23. The molecule has 2 N–H and O–H groups in total. The van der Waals surface area contributed by atoms with Crippen molar-refractivity contribution in [1.29, 1.82) is 0 Å². The lowest BCUT2D eigenvalue weighted by Crippen LogP contribution is -2.24. The molecule has 0 heterocycles. The lowest BCUT2D eigenvalue weighted by molar-refractivity contribution is 0.0174. The second-order valence-electron chi connectivity index (χ2n) is 3.60. The molecule has 0 aliphatic rings. The van der Waals surface area contributed by atoms with E-state index in [2.05, 4.69) is 17.2 Å². The Balaban J connectivity index is 2.48. The van der Waals surface area contributed by atoms with E-state index in [9.17, 15) is 8.78 Å². The molecule has 0 spiro atoms. The summed E-state index contributed by atoms with van der Waals surface area (Å²) in [4.78, 5) is 0. The first-order valence-electron chi connectivity index (χ1n) is 5.06. The molecule has 2 nitrogen and oxygen atoms in total. The molecule has 0 unspecified atom stereocenters. The second-order valence-corrected chi connectivity index (χ2v) is 3.60. The molecule has 0 aliphatic carbocycles. The fourth-order valence-electron chi connectivity index (χ4n) is 1.27. The summed E-state index contributed by atoms with van der Waals surface area (Å²) in [5.74, 6) is -2.77. The van der Waals surface area contributed by atoms with Crippen LogP contribution >= 0.6 is 0 Å². The third-order valence-corrected chi connectivity index (χ3v) is 2.16. The molecule has 1 rings (SSSR count). The summed E-state index contributed by atoms with van der Waals surface area (Å²) in [5, 5.41) is 5.98. The van der Waals surface area contributed by atoms with Crippen molar-refractivity contribution >= 4 is 0 Å². The summed E-state index contributed by atoms with van der Waals surface area (Å²) in [6.45, 7) is 5.65. The molecule has 1 aromatic rings. The molecule has 16 heavy (non-hydrogen) atoms. The topological polar surface area (TPSA) is 24.1 Å². The summed E-state index contributed by atoms with van der Waals surface area (Å²) in [6, 6.07) is 6.32. The highest BCUT2D eigenvalue weighted by Crippen LogP contribution is 2.26. The summed E-state index contributed by atoms with van der Waals surface area (Å²) >= 11 is 0. The SMILES string of the molecule is C=CNCNCc1ccc(C(C)(F)F)cc1. The van der Waals surface area contributed by atoms with Gasteiger partial charge in [-0.1, -0.05) is 30.8 Å². The molecule has 0 aliphatic heterocycles. The van der Waals surface area contributed by atoms with Gasteiger partial charge in [-0.25, -0.2) is 8.78 Å². The molecular formula is C12H16F2N2. The fourth-order valence-corrected chi connectivity index (χ4v) is 1.27. The van der Waals surface area contributed by atoms with E-state index in [1.807, 2.05) is 0 Å². The van der Waals surface area contributed by atoms with Crippen LogP contribution in [0.4, 0.5) is 8.78 Å². The lowest BCUT2D eigenvalue weighted by Gasteiger charge is -2.11. The van der Waals surface area contributed by atoms with Gasteiger partial charge in [-0.05, 0) is 11.8 Å². The van der Waals surface area contributed by atoms with Crippen molar-refractivity contribution in [3.8, 4) is 0 Å². The second kappa shape index (κ2) is 5.61. The standard InChI is InChI=1S/C12H16F2N2/c1-3-15-9-16-8-10-4-6-11(7-5-10)12(2,13)14/h3-7,15-16H,1,8-9H2,2H3. The maximum absolute atomic E-state index is 12.9. The molecular weight excluding hydrogens is 210 g/mol. The van der Waals surface area contributed by atoms with Crippen LogP contribution in [0.2, 0.25) is 0 Å². The summed E-state index contributed by atoms with van der Waals surface area (Å²) in [6.07, 6.45) is 1.59. The number of alkyl halides is 2. The van der Waals surface area contributed by atoms with Crippen LogP contribution in [0, 0.1) is 0 Å². The van der Waals surface area contributed by atoms with E-state index in [0.717, 1.165) is 12.5 Å². The minimum Gasteiger partial charge on any atom is -0.379 e. The predicted molar refractivity (Wildman–Crippen MR) is 61.0 cm³/mol. The van der Waals surface area contributed by atoms with Crippen molar-refractivity contribution in [1.82, 2.24) is 10.6 Å². The van der Waals surface area contributed by atoms with Crippen LogP contribution in [0.5, 0.6) is 0 Å². The van der Waals surface area contributed by atoms with Crippen LogP contribution in [-0.2, 0) is 12.5 Å². The molecule has 1 aromatic carbocycles. The Labute approximate surface area is 94.4 Å².